The van der Waals surface area contributed by atoms with Crippen molar-refractivity contribution in [2.45, 2.75) is 25.0 Å². The van der Waals surface area contributed by atoms with Gasteiger partial charge in [0.2, 0.25) is 0 Å². The molecule has 12 nitrogen and oxygen atoms in total. The number of aliphatic carboxylic acids is 2. The van der Waals surface area contributed by atoms with Gasteiger partial charge < -0.3 is 48.9 Å². The van der Waals surface area contributed by atoms with Gasteiger partial charge in [0.05, 0.1) is 28.4 Å². The summed E-state index contributed by atoms with van der Waals surface area (Å²) in [5.41, 5.74) is 4.72. The zero-order valence-corrected chi connectivity index (χ0v) is 32.9. The van der Waals surface area contributed by atoms with Gasteiger partial charge in [-0.25, -0.2) is 9.59 Å². The minimum atomic E-state index is -1.26. The van der Waals surface area contributed by atoms with Crippen LogP contribution in [0.25, 0.3) is 0 Å². The third kappa shape index (κ3) is 12.7. The second-order valence-electron chi connectivity index (χ2n) is 12.4. The number of rotatable bonds is 10. The van der Waals surface area contributed by atoms with Gasteiger partial charge in [-0.15, -0.1) is 0 Å². The lowest BCUT2D eigenvalue weighted by Gasteiger charge is -2.23. The van der Waals surface area contributed by atoms with Crippen molar-refractivity contribution in [2.24, 2.45) is 0 Å². The van der Waals surface area contributed by atoms with Crippen LogP contribution in [-0.2, 0) is 22.4 Å². The molecule has 0 saturated heterocycles. The van der Waals surface area contributed by atoms with Crippen LogP contribution in [0.3, 0.4) is 0 Å². The Kier molecular flexibility index (Phi) is 16.3. The van der Waals surface area contributed by atoms with E-state index in [9.17, 15) is 9.59 Å². The highest BCUT2D eigenvalue weighted by Crippen LogP contribution is 2.38. The molecule has 3 N–H and O–H groups in total. The molecule has 4 aromatic carbocycles. The van der Waals surface area contributed by atoms with Crippen LogP contribution in [-0.4, -0.2) is 88.7 Å². The third-order valence-corrected chi connectivity index (χ3v) is 9.18. The van der Waals surface area contributed by atoms with Crippen molar-refractivity contribution in [1.29, 1.82) is 0 Å². The van der Waals surface area contributed by atoms with Crippen molar-refractivity contribution in [1.82, 2.24) is 10.2 Å². The Morgan fingerprint density at radius 2 is 1.09 bits per heavy atom. The van der Waals surface area contributed by atoms with Gasteiger partial charge in [0.15, 0.2) is 23.0 Å². The Morgan fingerprint density at radius 3 is 1.55 bits per heavy atom. The van der Waals surface area contributed by atoms with Crippen LogP contribution in [0, 0.1) is 0 Å². The molecule has 2 unspecified atom stereocenters. The summed E-state index contributed by atoms with van der Waals surface area (Å²) in [5.74, 6) is 2.04. The molecule has 4 aromatic rings. The monoisotopic (exact) mass is 796 g/mol. The predicted molar refractivity (Wildman–Crippen MR) is 211 cm³/mol. The molecule has 2 aliphatic heterocycles. The Balaban J connectivity index is 0.000000205. The van der Waals surface area contributed by atoms with E-state index >= 15 is 0 Å². The molecule has 55 heavy (non-hydrogen) atoms. The Hall–Kier alpha value is -5.14. The van der Waals surface area contributed by atoms with Crippen LogP contribution >= 0.6 is 23.2 Å². The van der Waals surface area contributed by atoms with E-state index in [1.165, 1.54) is 11.1 Å². The summed E-state index contributed by atoms with van der Waals surface area (Å²) >= 11 is 11.9. The van der Waals surface area contributed by atoms with Gasteiger partial charge >= 0.3 is 11.9 Å². The molecule has 0 aliphatic carbocycles. The average Bonchev–Trinajstić information content (AvgIpc) is 3.47. The minimum Gasteiger partial charge on any atom is -0.493 e. The molecule has 0 amide bonds. The van der Waals surface area contributed by atoms with Crippen LogP contribution < -0.4 is 33.7 Å². The van der Waals surface area contributed by atoms with E-state index in [1.807, 2.05) is 66.7 Å². The van der Waals surface area contributed by atoms with Gasteiger partial charge in [-0.3, -0.25) is 0 Å². The number of benzene rings is 4. The van der Waals surface area contributed by atoms with Crippen LogP contribution in [0.15, 0.2) is 84.9 Å². The number of hydrogen-bond donors (Lipinski definition) is 3. The van der Waals surface area contributed by atoms with Gasteiger partial charge in [0, 0.05) is 53.0 Å². The molecule has 2 atom stereocenters. The third-order valence-electron chi connectivity index (χ3n) is 8.68. The highest BCUT2D eigenvalue weighted by atomic mass is 35.5. The first-order valence-corrected chi connectivity index (χ1v) is 18.1. The smallest absolute Gasteiger partial charge is 0.328 e. The molecule has 6 rings (SSSR count). The highest BCUT2D eigenvalue weighted by Gasteiger charge is 2.26. The fourth-order valence-electron chi connectivity index (χ4n) is 5.96. The molecule has 0 bridgehead atoms. The van der Waals surface area contributed by atoms with Crippen LogP contribution in [0.4, 0.5) is 0 Å². The summed E-state index contributed by atoms with van der Waals surface area (Å²) < 4.78 is 34.2. The number of hydrogen-bond acceptors (Lipinski definition) is 10. The number of nitrogens with zero attached hydrogens (tertiary/aromatic N) is 1. The predicted octanol–water partition coefficient (Wildman–Crippen LogP) is 7.30. The number of ether oxygens (including phenoxy) is 6. The second kappa shape index (κ2) is 21.1. The van der Waals surface area contributed by atoms with Crippen molar-refractivity contribution < 1.29 is 48.2 Å². The van der Waals surface area contributed by atoms with E-state index < -0.39 is 11.9 Å². The Morgan fingerprint density at radius 1 is 0.673 bits per heavy atom. The van der Waals surface area contributed by atoms with E-state index in [2.05, 4.69) is 23.3 Å². The normalized spacial score (nSPS) is 16.3. The van der Waals surface area contributed by atoms with Crippen molar-refractivity contribution in [3.05, 3.63) is 117 Å². The maximum absolute atomic E-state index is 9.55. The SMILES string of the molecule is COc1cc2c(cc1OC)C(Oc1ccc(Cl)cc1)CN(C)CC2.COc1cc2c(cc1OC)C(Oc1ccc(Cl)cc1)CNCC2.O=C(O)C=CC(=O)O. The van der Waals surface area contributed by atoms with E-state index in [1.54, 1.807) is 28.4 Å². The Bertz CT molecular complexity index is 1890. The first kappa shape index (κ1) is 42.6. The lowest BCUT2D eigenvalue weighted by Crippen LogP contribution is -2.26. The largest absolute Gasteiger partial charge is 0.493 e. The van der Waals surface area contributed by atoms with Crippen LogP contribution in [0.1, 0.15) is 34.5 Å². The Labute approximate surface area is 331 Å². The van der Waals surface area contributed by atoms with Gasteiger partial charge in [-0.05, 0) is 110 Å². The summed E-state index contributed by atoms with van der Waals surface area (Å²) in [6.45, 7) is 3.43. The number of carboxylic acids is 2. The zero-order chi connectivity index (χ0) is 39.9. The van der Waals surface area contributed by atoms with Gasteiger partial charge in [-0.1, -0.05) is 23.2 Å². The average molecular weight is 798 g/mol. The van der Waals surface area contributed by atoms with E-state index in [0.717, 1.165) is 84.6 Å². The first-order valence-electron chi connectivity index (χ1n) is 17.3. The maximum atomic E-state index is 9.55. The maximum Gasteiger partial charge on any atom is 0.328 e. The second-order valence-corrected chi connectivity index (χ2v) is 13.3. The molecule has 2 heterocycles. The number of likely N-dealkylation sites (N-methyl/N-ethyl adjacent to an activating group) is 1. The minimum absolute atomic E-state index is 0.0755. The number of carbonyl (C=O) groups is 2. The first-order chi connectivity index (χ1) is 26.4. The summed E-state index contributed by atoms with van der Waals surface area (Å²) in [5, 5.41) is 20.4. The number of nitrogens with one attached hydrogen (secondary N) is 1. The molecule has 2 aliphatic rings. The summed E-state index contributed by atoms with van der Waals surface area (Å²) in [6, 6.07) is 23.1. The molecule has 14 heteroatoms. The van der Waals surface area contributed by atoms with E-state index in [4.69, 9.17) is 61.8 Å². The molecule has 294 valence electrons. The standard InChI is InChI=1S/C19H22ClNO3.C18H20ClNO3.C4H4O4/c1-21-9-8-13-10-17(22-2)18(23-3)11-16(13)19(12-21)24-15-6-4-14(20)5-7-15;1-21-16-9-12-7-8-20-11-18(15(12)10-17(16)22-2)23-14-5-3-13(19)4-6-14;5-3(6)1-2-4(7)8/h4-7,10-11,19H,8-9,12H2,1-3H3;3-6,9-10,18,20H,7-8,11H2,1-2H3;1-2H,(H,5,6)(H,7,8). The number of carboxylic acid groups (broad SMARTS) is 2. The highest BCUT2D eigenvalue weighted by molar-refractivity contribution is 6.30. The van der Waals surface area contributed by atoms with Gasteiger partial charge in [0.1, 0.15) is 23.7 Å². The summed E-state index contributed by atoms with van der Waals surface area (Å²) in [6.07, 6.45) is 2.83. The van der Waals surface area contributed by atoms with Crippen LogP contribution in [0.5, 0.6) is 34.5 Å². The van der Waals surface area contributed by atoms with Gasteiger partial charge in [0.25, 0.3) is 0 Å². The number of methoxy groups -OCH3 is 4. The molecule has 0 fully saturated rings. The number of halogens is 2. The van der Waals surface area contributed by atoms with E-state index in [-0.39, 0.29) is 12.2 Å². The lowest BCUT2D eigenvalue weighted by molar-refractivity contribution is -0.134. The topological polar surface area (TPSA) is 145 Å². The van der Waals surface area contributed by atoms with Crippen molar-refractivity contribution in [3.8, 4) is 34.5 Å². The summed E-state index contributed by atoms with van der Waals surface area (Å²) in [7, 11) is 8.73. The van der Waals surface area contributed by atoms with Crippen molar-refractivity contribution in [3.63, 3.8) is 0 Å². The molecule has 0 spiro atoms. The fourth-order valence-corrected chi connectivity index (χ4v) is 6.21. The molecular weight excluding hydrogens is 751 g/mol. The van der Waals surface area contributed by atoms with E-state index in [0.29, 0.717) is 22.2 Å². The molecule has 0 radical (unpaired) electrons. The van der Waals surface area contributed by atoms with Crippen molar-refractivity contribution >= 4 is 35.1 Å². The number of fused-ring (bicyclic) bond motifs is 2. The van der Waals surface area contributed by atoms with Gasteiger partial charge in [-0.2, -0.15) is 0 Å². The summed E-state index contributed by atoms with van der Waals surface area (Å²) in [4.78, 5) is 21.4. The molecular formula is C41H46Cl2N2O10. The fraction of sp³-hybridized carbons (Fsp3) is 0.317. The van der Waals surface area contributed by atoms with Crippen LogP contribution in [0.2, 0.25) is 10.0 Å². The zero-order valence-electron chi connectivity index (χ0n) is 31.3. The molecule has 0 saturated carbocycles. The lowest BCUT2D eigenvalue weighted by atomic mass is 10.00. The molecule has 0 aromatic heterocycles. The quantitative estimate of drug-likeness (QED) is 0.139. The van der Waals surface area contributed by atoms with Crippen molar-refractivity contribution in [2.75, 3.05) is 61.7 Å².